The highest BCUT2D eigenvalue weighted by atomic mass is 16.5. The van der Waals surface area contributed by atoms with Gasteiger partial charge in [0.1, 0.15) is 17.3 Å². The highest BCUT2D eigenvalue weighted by molar-refractivity contribution is 5.79. The van der Waals surface area contributed by atoms with Crippen LogP contribution in [-0.2, 0) is 11.3 Å². The molecule has 4 aromatic rings. The fraction of sp³-hybridized carbons (Fsp3) is 0.375. The molecule has 0 saturated carbocycles. The zero-order valence-electron chi connectivity index (χ0n) is 23.2. The van der Waals surface area contributed by atoms with E-state index in [0.717, 1.165) is 58.9 Å². The average molecular weight is 514 g/mol. The summed E-state index contributed by atoms with van der Waals surface area (Å²) in [4.78, 5) is 17.6. The van der Waals surface area contributed by atoms with E-state index >= 15 is 0 Å². The number of nitrogens with one attached hydrogen (secondary N) is 1. The molecule has 0 fully saturated rings. The molecule has 6 nitrogen and oxygen atoms in total. The monoisotopic (exact) mass is 513 g/mol. The van der Waals surface area contributed by atoms with E-state index in [4.69, 9.17) is 14.5 Å². The Bertz CT molecular complexity index is 1360. The Kier molecular flexibility index (Phi) is 9.06. The van der Waals surface area contributed by atoms with Crippen LogP contribution in [0.25, 0.3) is 11.0 Å². The molecule has 1 heterocycles. The SMILES string of the molecule is CCC(C)c1ccc(OCCCn2c(C(C)NC(=O)COc3cc(C)ccc3C)nc3ccccc32)cc1. The minimum atomic E-state index is -0.272. The van der Waals surface area contributed by atoms with Gasteiger partial charge in [-0.15, -0.1) is 0 Å². The molecule has 6 heteroatoms. The number of para-hydroxylation sites is 2. The lowest BCUT2D eigenvalue weighted by Gasteiger charge is -2.17. The van der Waals surface area contributed by atoms with Crippen molar-refractivity contribution in [3.63, 3.8) is 0 Å². The second-order valence-electron chi connectivity index (χ2n) is 10.0. The second-order valence-corrected chi connectivity index (χ2v) is 10.0. The summed E-state index contributed by atoms with van der Waals surface area (Å²) in [7, 11) is 0. The molecule has 0 aliphatic rings. The normalized spacial score (nSPS) is 12.8. The number of rotatable bonds is 12. The van der Waals surface area contributed by atoms with Gasteiger partial charge in [0.05, 0.1) is 23.7 Å². The number of imidazole rings is 1. The fourth-order valence-corrected chi connectivity index (χ4v) is 4.55. The van der Waals surface area contributed by atoms with Crippen molar-refractivity contribution in [1.82, 2.24) is 14.9 Å². The van der Waals surface area contributed by atoms with E-state index in [1.165, 1.54) is 5.56 Å². The van der Waals surface area contributed by atoms with Gasteiger partial charge in [0.15, 0.2) is 6.61 Å². The summed E-state index contributed by atoms with van der Waals surface area (Å²) in [6, 6.07) is 22.2. The molecule has 2 atom stereocenters. The van der Waals surface area contributed by atoms with Gasteiger partial charge in [0, 0.05) is 6.54 Å². The van der Waals surface area contributed by atoms with E-state index in [1.54, 1.807) is 0 Å². The minimum absolute atomic E-state index is 0.0431. The molecular formula is C32H39N3O3. The van der Waals surface area contributed by atoms with E-state index < -0.39 is 0 Å². The third-order valence-electron chi connectivity index (χ3n) is 7.01. The third kappa shape index (κ3) is 6.74. The van der Waals surface area contributed by atoms with Crippen LogP contribution in [0.2, 0.25) is 0 Å². The molecule has 1 aromatic heterocycles. The predicted octanol–water partition coefficient (Wildman–Crippen LogP) is 6.89. The average Bonchev–Trinajstić information content (AvgIpc) is 3.30. The van der Waals surface area contributed by atoms with Crippen LogP contribution >= 0.6 is 0 Å². The summed E-state index contributed by atoms with van der Waals surface area (Å²) >= 11 is 0. The Balaban J connectivity index is 1.37. The number of amides is 1. The zero-order valence-corrected chi connectivity index (χ0v) is 23.2. The van der Waals surface area contributed by atoms with Crippen molar-refractivity contribution >= 4 is 16.9 Å². The molecule has 2 unspecified atom stereocenters. The Morgan fingerprint density at radius 1 is 1.00 bits per heavy atom. The second kappa shape index (κ2) is 12.6. The van der Waals surface area contributed by atoms with E-state index in [2.05, 4.69) is 54.1 Å². The van der Waals surface area contributed by atoms with Crippen LogP contribution in [0.15, 0.2) is 66.7 Å². The lowest BCUT2D eigenvalue weighted by Crippen LogP contribution is -2.32. The Morgan fingerprint density at radius 3 is 2.53 bits per heavy atom. The third-order valence-corrected chi connectivity index (χ3v) is 7.01. The first-order valence-corrected chi connectivity index (χ1v) is 13.5. The Labute approximate surface area is 226 Å². The largest absolute Gasteiger partial charge is 0.494 e. The van der Waals surface area contributed by atoms with Crippen LogP contribution in [-0.4, -0.2) is 28.7 Å². The smallest absolute Gasteiger partial charge is 0.258 e. The van der Waals surface area contributed by atoms with Gasteiger partial charge in [-0.1, -0.05) is 50.2 Å². The maximum absolute atomic E-state index is 12.7. The summed E-state index contributed by atoms with van der Waals surface area (Å²) in [6.07, 6.45) is 1.94. The lowest BCUT2D eigenvalue weighted by molar-refractivity contribution is -0.123. The molecule has 1 amide bonds. The molecule has 0 aliphatic carbocycles. The van der Waals surface area contributed by atoms with Gasteiger partial charge < -0.3 is 19.4 Å². The number of fused-ring (bicyclic) bond motifs is 1. The molecule has 1 N–H and O–H groups in total. The van der Waals surface area contributed by atoms with E-state index in [-0.39, 0.29) is 18.6 Å². The summed E-state index contributed by atoms with van der Waals surface area (Å²) in [5.41, 5.74) is 5.40. The molecule has 0 aliphatic heterocycles. The van der Waals surface area contributed by atoms with Crippen LogP contribution in [0.5, 0.6) is 11.5 Å². The Hall–Kier alpha value is -3.80. The van der Waals surface area contributed by atoms with Crippen molar-refractivity contribution in [1.29, 1.82) is 0 Å². The standard InChI is InChI=1S/C32H39N3O3/c1-6-23(3)26-14-16-27(17-15-26)37-19-9-18-35-29-11-8-7-10-28(29)34-32(35)25(5)33-31(36)21-38-30-20-22(2)12-13-24(30)4/h7-8,10-17,20,23,25H,6,9,18-19,21H2,1-5H3,(H,33,36). The van der Waals surface area contributed by atoms with Crippen LogP contribution in [0.4, 0.5) is 0 Å². The van der Waals surface area contributed by atoms with Crippen molar-refractivity contribution < 1.29 is 14.3 Å². The Morgan fingerprint density at radius 2 is 1.76 bits per heavy atom. The van der Waals surface area contributed by atoms with Gasteiger partial charge in [0.25, 0.3) is 5.91 Å². The first-order valence-electron chi connectivity index (χ1n) is 13.5. The van der Waals surface area contributed by atoms with Gasteiger partial charge in [-0.05, 0) is 86.6 Å². The van der Waals surface area contributed by atoms with Crippen LogP contribution < -0.4 is 14.8 Å². The highest BCUT2D eigenvalue weighted by Gasteiger charge is 2.19. The summed E-state index contributed by atoms with van der Waals surface area (Å²) in [5.74, 6) is 2.81. The number of carbonyl (C=O) groups excluding carboxylic acids is 1. The number of ether oxygens (including phenoxy) is 2. The molecule has 4 rings (SSSR count). The number of hydrogen-bond donors (Lipinski definition) is 1. The zero-order chi connectivity index (χ0) is 27.1. The lowest BCUT2D eigenvalue weighted by atomic mass is 9.99. The maximum atomic E-state index is 12.7. The highest BCUT2D eigenvalue weighted by Crippen LogP contribution is 2.24. The molecule has 0 saturated heterocycles. The van der Waals surface area contributed by atoms with E-state index in [9.17, 15) is 4.79 Å². The molecule has 200 valence electrons. The van der Waals surface area contributed by atoms with Crippen LogP contribution in [0.3, 0.4) is 0 Å². The van der Waals surface area contributed by atoms with Gasteiger partial charge in [-0.3, -0.25) is 4.79 Å². The van der Waals surface area contributed by atoms with Crippen molar-refractivity contribution in [2.75, 3.05) is 13.2 Å². The predicted molar refractivity (Wildman–Crippen MR) is 153 cm³/mol. The van der Waals surface area contributed by atoms with Crippen LogP contribution in [0, 0.1) is 13.8 Å². The van der Waals surface area contributed by atoms with E-state index in [1.807, 2.05) is 57.2 Å². The molecule has 3 aromatic carbocycles. The number of hydrogen-bond acceptors (Lipinski definition) is 4. The van der Waals surface area contributed by atoms with Crippen molar-refractivity contribution in [2.45, 2.75) is 66.0 Å². The summed E-state index contributed by atoms with van der Waals surface area (Å²) in [5, 5.41) is 3.06. The first kappa shape index (κ1) is 27.2. The summed E-state index contributed by atoms with van der Waals surface area (Å²) in [6.45, 7) is 11.7. The minimum Gasteiger partial charge on any atom is -0.494 e. The summed E-state index contributed by atoms with van der Waals surface area (Å²) < 4.78 is 14.0. The number of carbonyl (C=O) groups is 1. The molecule has 0 spiro atoms. The quantitative estimate of drug-likeness (QED) is 0.210. The number of aryl methyl sites for hydroxylation is 3. The molecular weight excluding hydrogens is 474 g/mol. The molecule has 0 bridgehead atoms. The van der Waals surface area contributed by atoms with Gasteiger partial charge in [0.2, 0.25) is 0 Å². The van der Waals surface area contributed by atoms with Crippen molar-refractivity contribution in [3.8, 4) is 11.5 Å². The van der Waals surface area contributed by atoms with Gasteiger partial charge >= 0.3 is 0 Å². The van der Waals surface area contributed by atoms with Crippen LogP contribution in [0.1, 0.15) is 68.1 Å². The maximum Gasteiger partial charge on any atom is 0.258 e. The van der Waals surface area contributed by atoms with Crippen molar-refractivity contribution in [3.05, 3.63) is 89.2 Å². The van der Waals surface area contributed by atoms with Gasteiger partial charge in [-0.25, -0.2) is 4.98 Å². The topological polar surface area (TPSA) is 65.4 Å². The fourth-order valence-electron chi connectivity index (χ4n) is 4.55. The number of benzene rings is 3. The molecule has 38 heavy (non-hydrogen) atoms. The number of aromatic nitrogens is 2. The molecule has 0 radical (unpaired) electrons. The van der Waals surface area contributed by atoms with E-state index in [0.29, 0.717) is 12.5 Å². The first-order chi connectivity index (χ1) is 18.4. The number of nitrogens with zero attached hydrogens (tertiary/aromatic N) is 2. The van der Waals surface area contributed by atoms with Gasteiger partial charge in [-0.2, -0.15) is 0 Å². The van der Waals surface area contributed by atoms with Crippen molar-refractivity contribution in [2.24, 2.45) is 0 Å².